The molecule has 2 N–H and O–H groups in total. The van der Waals surface area contributed by atoms with Crippen LogP contribution in [0.4, 0.5) is 10.5 Å². The van der Waals surface area contributed by atoms with E-state index in [1.807, 2.05) is 45.0 Å². The number of nitrogens with zero attached hydrogens (tertiary/aromatic N) is 1. The van der Waals surface area contributed by atoms with E-state index in [-0.39, 0.29) is 24.3 Å². The van der Waals surface area contributed by atoms with Gasteiger partial charge in [0, 0.05) is 18.3 Å². The highest BCUT2D eigenvalue weighted by molar-refractivity contribution is 5.89. The molecule has 21 heavy (non-hydrogen) atoms. The number of aliphatic hydroxyl groups is 1. The van der Waals surface area contributed by atoms with Gasteiger partial charge in [0.15, 0.2) is 0 Å². The molecule has 0 atom stereocenters. The second-order valence-electron chi connectivity index (χ2n) is 6.32. The first-order valence-corrected chi connectivity index (χ1v) is 7.36. The van der Waals surface area contributed by atoms with Crippen molar-refractivity contribution >= 4 is 11.7 Å². The van der Waals surface area contributed by atoms with Crippen LogP contribution in [-0.4, -0.2) is 40.8 Å². The first-order valence-electron chi connectivity index (χ1n) is 7.36. The molecule has 1 aliphatic carbocycles. The highest BCUT2D eigenvalue weighted by Gasteiger charge is 2.32. The van der Waals surface area contributed by atoms with Crippen LogP contribution in [0.1, 0.15) is 33.6 Å². The predicted molar refractivity (Wildman–Crippen MR) is 82.7 cm³/mol. The summed E-state index contributed by atoms with van der Waals surface area (Å²) in [5.41, 5.74) is 0.485. The summed E-state index contributed by atoms with van der Waals surface area (Å²) in [6.07, 6.45) is 2.04. The molecule has 1 aliphatic rings. The Kier molecular flexibility index (Phi) is 4.73. The quantitative estimate of drug-likeness (QED) is 0.877. The summed E-state index contributed by atoms with van der Waals surface area (Å²) in [6.45, 7) is 6.34. The Labute approximate surface area is 125 Å². The maximum Gasteiger partial charge on any atom is 0.322 e. The van der Waals surface area contributed by atoms with Gasteiger partial charge in [-0.1, -0.05) is 0 Å². The van der Waals surface area contributed by atoms with Crippen LogP contribution in [0.15, 0.2) is 24.3 Å². The number of carbonyl (C=O) groups excluding carboxylic acids is 1. The van der Waals surface area contributed by atoms with Crippen molar-refractivity contribution in [1.29, 1.82) is 0 Å². The fourth-order valence-corrected chi connectivity index (χ4v) is 2.10. The number of hydrogen-bond acceptors (Lipinski definition) is 3. The second kappa shape index (κ2) is 6.35. The van der Waals surface area contributed by atoms with Crippen molar-refractivity contribution in [3.05, 3.63) is 24.3 Å². The third-order valence-electron chi connectivity index (χ3n) is 3.12. The van der Waals surface area contributed by atoms with Gasteiger partial charge in [-0.3, -0.25) is 0 Å². The summed E-state index contributed by atoms with van der Waals surface area (Å²) >= 11 is 0. The third-order valence-corrected chi connectivity index (χ3v) is 3.12. The smallest absolute Gasteiger partial charge is 0.322 e. The van der Waals surface area contributed by atoms with Crippen molar-refractivity contribution in [2.24, 2.45) is 0 Å². The van der Waals surface area contributed by atoms with E-state index in [0.29, 0.717) is 6.54 Å². The van der Waals surface area contributed by atoms with Gasteiger partial charge in [-0.25, -0.2) is 4.79 Å². The van der Waals surface area contributed by atoms with E-state index in [0.717, 1.165) is 24.3 Å². The number of ether oxygens (including phenoxy) is 1. The van der Waals surface area contributed by atoms with E-state index in [2.05, 4.69) is 5.32 Å². The number of rotatable bonds is 5. The van der Waals surface area contributed by atoms with E-state index in [4.69, 9.17) is 9.84 Å². The molecule has 116 valence electrons. The molecule has 5 heteroatoms. The van der Waals surface area contributed by atoms with Gasteiger partial charge >= 0.3 is 6.03 Å². The van der Waals surface area contributed by atoms with Crippen molar-refractivity contribution in [2.45, 2.75) is 45.3 Å². The predicted octanol–water partition coefficient (Wildman–Crippen LogP) is 2.85. The molecule has 0 saturated heterocycles. The highest BCUT2D eigenvalue weighted by Crippen LogP contribution is 2.27. The van der Waals surface area contributed by atoms with E-state index >= 15 is 0 Å². The topological polar surface area (TPSA) is 61.8 Å². The van der Waals surface area contributed by atoms with Gasteiger partial charge in [0.25, 0.3) is 0 Å². The zero-order valence-corrected chi connectivity index (χ0v) is 12.9. The van der Waals surface area contributed by atoms with Crippen LogP contribution in [-0.2, 0) is 0 Å². The van der Waals surface area contributed by atoms with Crippen LogP contribution in [0.2, 0.25) is 0 Å². The maximum atomic E-state index is 12.2. The van der Waals surface area contributed by atoms with Crippen molar-refractivity contribution in [3.63, 3.8) is 0 Å². The molecule has 0 aromatic heterocycles. The summed E-state index contributed by atoms with van der Waals surface area (Å²) in [4.78, 5) is 13.9. The standard InChI is InChI=1S/C16H24N2O3/c1-16(2,3)21-14-8-4-12(5-9-14)17-15(20)18(10-11-19)13-6-7-13/h4-5,8-9,13,19H,6-7,10-11H2,1-3H3,(H,17,20). The fourth-order valence-electron chi connectivity index (χ4n) is 2.10. The van der Waals surface area contributed by atoms with Crippen LogP contribution in [0, 0.1) is 0 Å². The van der Waals surface area contributed by atoms with Crippen molar-refractivity contribution < 1.29 is 14.6 Å². The van der Waals surface area contributed by atoms with Gasteiger partial charge in [0.05, 0.1) is 6.61 Å². The number of carbonyl (C=O) groups is 1. The molecule has 1 fully saturated rings. The number of urea groups is 1. The molecule has 0 heterocycles. The molecular formula is C16H24N2O3. The number of aliphatic hydroxyl groups excluding tert-OH is 1. The van der Waals surface area contributed by atoms with Gasteiger partial charge in [-0.05, 0) is 57.9 Å². The van der Waals surface area contributed by atoms with E-state index in [1.165, 1.54) is 0 Å². The number of amides is 2. The van der Waals surface area contributed by atoms with Crippen LogP contribution in [0.25, 0.3) is 0 Å². The third kappa shape index (κ3) is 4.93. The first kappa shape index (κ1) is 15.6. The lowest BCUT2D eigenvalue weighted by Crippen LogP contribution is -2.38. The summed E-state index contributed by atoms with van der Waals surface area (Å²) in [6, 6.07) is 7.45. The molecule has 0 spiro atoms. The number of anilines is 1. The van der Waals surface area contributed by atoms with Crippen LogP contribution >= 0.6 is 0 Å². The molecule has 1 aromatic carbocycles. The summed E-state index contributed by atoms with van der Waals surface area (Å²) < 4.78 is 5.74. The molecule has 2 rings (SSSR count). The molecule has 2 amide bonds. The van der Waals surface area contributed by atoms with E-state index in [9.17, 15) is 4.79 Å². The van der Waals surface area contributed by atoms with Gasteiger partial charge in [0.1, 0.15) is 11.4 Å². The Morgan fingerprint density at radius 1 is 1.33 bits per heavy atom. The largest absolute Gasteiger partial charge is 0.488 e. The Hall–Kier alpha value is -1.75. The minimum atomic E-state index is -0.241. The maximum absolute atomic E-state index is 12.2. The van der Waals surface area contributed by atoms with Gasteiger partial charge in [-0.15, -0.1) is 0 Å². The molecule has 0 aliphatic heterocycles. The van der Waals surface area contributed by atoms with Crippen molar-refractivity contribution in [3.8, 4) is 5.75 Å². The average Bonchev–Trinajstić information content (AvgIpc) is 3.20. The molecule has 5 nitrogen and oxygen atoms in total. The van der Waals surface area contributed by atoms with Crippen molar-refractivity contribution in [2.75, 3.05) is 18.5 Å². The second-order valence-corrected chi connectivity index (χ2v) is 6.32. The monoisotopic (exact) mass is 292 g/mol. The molecular weight excluding hydrogens is 268 g/mol. The van der Waals surface area contributed by atoms with E-state index < -0.39 is 0 Å². The normalized spacial score (nSPS) is 14.7. The zero-order valence-electron chi connectivity index (χ0n) is 12.9. The molecule has 0 bridgehead atoms. The summed E-state index contributed by atoms with van der Waals surface area (Å²) in [5.74, 6) is 0.773. The first-order chi connectivity index (χ1) is 9.89. The lowest BCUT2D eigenvalue weighted by Gasteiger charge is -2.23. The van der Waals surface area contributed by atoms with Crippen LogP contribution < -0.4 is 10.1 Å². The fraction of sp³-hybridized carbons (Fsp3) is 0.562. The summed E-state index contributed by atoms with van der Waals surface area (Å²) in [7, 11) is 0. The number of nitrogens with one attached hydrogen (secondary N) is 1. The number of hydrogen-bond donors (Lipinski definition) is 2. The Balaban J connectivity index is 1.94. The molecule has 0 unspecified atom stereocenters. The Bertz CT molecular complexity index is 475. The minimum Gasteiger partial charge on any atom is -0.488 e. The minimum absolute atomic E-state index is 0.0116. The Morgan fingerprint density at radius 3 is 2.43 bits per heavy atom. The highest BCUT2D eigenvalue weighted by atomic mass is 16.5. The SMILES string of the molecule is CC(C)(C)Oc1ccc(NC(=O)N(CCO)C2CC2)cc1. The zero-order chi connectivity index (χ0) is 15.5. The van der Waals surface area contributed by atoms with Crippen LogP contribution in [0.3, 0.4) is 0 Å². The van der Waals surface area contributed by atoms with Gasteiger partial charge in [-0.2, -0.15) is 0 Å². The van der Waals surface area contributed by atoms with Gasteiger partial charge < -0.3 is 20.1 Å². The average molecular weight is 292 g/mol. The number of benzene rings is 1. The Morgan fingerprint density at radius 2 is 1.95 bits per heavy atom. The van der Waals surface area contributed by atoms with E-state index in [1.54, 1.807) is 4.90 Å². The lowest BCUT2D eigenvalue weighted by molar-refractivity contribution is 0.131. The molecule has 0 radical (unpaired) electrons. The van der Waals surface area contributed by atoms with Crippen molar-refractivity contribution in [1.82, 2.24) is 4.90 Å². The lowest BCUT2D eigenvalue weighted by atomic mass is 10.2. The van der Waals surface area contributed by atoms with Crippen LogP contribution in [0.5, 0.6) is 5.75 Å². The van der Waals surface area contributed by atoms with Gasteiger partial charge in [0.2, 0.25) is 0 Å². The summed E-state index contributed by atoms with van der Waals surface area (Å²) in [5, 5.41) is 11.9. The molecule has 1 saturated carbocycles. The molecule has 1 aromatic rings.